The molecule has 1 aromatic rings. The van der Waals surface area contributed by atoms with Gasteiger partial charge in [0.1, 0.15) is 0 Å². The number of rotatable bonds is 2. The molecule has 1 saturated heterocycles. The maximum Gasteiger partial charge on any atom is 0.498 e. The molecule has 1 amide bonds. The molecule has 1 aliphatic rings. The summed E-state index contributed by atoms with van der Waals surface area (Å²) in [5.41, 5.74) is -1.55. The average Bonchev–Trinajstić information content (AvgIpc) is 2.54. The summed E-state index contributed by atoms with van der Waals surface area (Å²) in [5.74, 6) is -2.46. The standard InChI is InChI=1S/C14H18BF2NO4/c1-7-6-8(18-12(19)20)10(16)11(17)9(7)15-21-13(2,3)14(4,5)22-15/h6,18H,1-5H3,(H,19,20). The van der Waals surface area contributed by atoms with Crippen LogP contribution in [0.2, 0.25) is 0 Å². The van der Waals surface area contributed by atoms with Crippen molar-refractivity contribution in [1.29, 1.82) is 0 Å². The molecule has 1 fully saturated rings. The van der Waals surface area contributed by atoms with Crippen molar-refractivity contribution in [3.8, 4) is 0 Å². The van der Waals surface area contributed by atoms with Crippen molar-refractivity contribution in [1.82, 2.24) is 0 Å². The molecule has 2 N–H and O–H groups in total. The van der Waals surface area contributed by atoms with Gasteiger partial charge in [0.2, 0.25) is 0 Å². The molecule has 8 heteroatoms. The lowest BCUT2D eigenvalue weighted by Gasteiger charge is -2.32. The second kappa shape index (κ2) is 5.21. The number of benzene rings is 1. The van der Waals surface area contributed by atoms with Gasteiger partial charge in [-0.25, -0.2) is 13.6 Å². The topological polar surface area (TPSA) is 67.8 Å². The van der Waals surface area contributed by atoms with Crippen molar-refractivity contribution in [2.24, 2.45) is 0 Å². The zero-order valence-electron chi connectivity index (χ0n) is 13.1. The fourth-order valence-corrected chi connectivity index (χ4v) is 2.22. The van der Waals surface area contributed by atoms with E-state index in [1.54, 1.807) is 27.7 Å². The third kappa shape index (κ3) is 2.68. The van der Waals surface area contributed by atoms with Crippen LogP contribution in [0, 0.1) is 18.6 Å². The molecule has 1 aliphatic heterocycles. The Morgan fingerprint density at radius 2 is 1.68 bits per heavy atom. The number of nitrogens with one attached hydrogen (secondary N) is 1. The minimum absolute atomic E-state index is 0.0629. The first-order chi connectivity index (χ1) is 9.96. The van der Waals surface area contributed by atoms with E-state index >= 15 is 0 Å². The lowest BCUT2D eigenvalue weighted by atomic mass is 9.75. The van der Waals surface area contributed by atoms with Gasteiger partial charge < -0.3 is 14.4 Å². The van der Waals surface area contributed by atoms with Crippen LogP contribution >= 0.6 is 0 Å². The van der Waals surface area contributed by atoms with Crippen molar-refractivity contribution in [3.63, 3.8) is 0 Å². The van der Waals surface area contributed by atoms with Crippen LogP contribution in [-0.2, 0) is 9.31 Å². The lowest BCUT2D eigenvalue weighted by molar-refractivity contribution is 0.00578. The molecule has 0 aliphatic carbocycles. The zero-order valence-corrected chi connectivity index (χ0v) is 13.1. The number of anilines is 1. The monoisotopic (exact) mass is 313 g/mol. The molecule has 0 saturated carbocycles. The summed E-state index contributed by atoms with van der Waals surface area (Å²) in [7, 11) is -1.06. The summed E-state index contributed by atoms with van der Waals surface area (Å²) in [6.45, 7) is 8.75. The molecule has 0 atom stereocenters. The van der Waals surface area contributed by atoms with Crippen LogP contribution < -0.4 is 10.8 Å². The summed E-state index contributed by atoms with van der Waals surface area (Å²) < 4.78 is 39.8. The fourth-order valence-electron chi connectivity index (χ4n) is 2.22. The van der Waals surface area contributed by atoms with Gasteiger partial charge in [-0.1, -0.05) is 0 Å². The van der Waals surface area contributed by atoms with Crippen LogP contribution in [0.3, 0.4) is 0 Å². The Hall–Kier alpha value is -1.67. The number of amides is 1. The van der Waals surface area contributed by atoms with Gasteiger partial charge in [0.15, 0.2) is 11.6 Å². The molecule has 0 unspecified atom stereocenters. The highest BCUT2D eigenvalue weighted by Crippen LogP contribution is 2.37. The predicted octanol–water partition coefficient (Wildman–Crippen LogP) is 2.66. The van der Waals surface area contributed by atoms with Gasteiger partial charge in [-0.3, -0.25) is 5.32 Å². The molecule has 5 nitrogen and oxygen atoms in total. The van der Waals surface area contributed by atoms with E-state index in [1.165, 1.54) is 13.0 Å². The number of halogens is 2. The smallest absolute Gasteiger partial charge is 0.465 e. The second-order valence-corrected chi connectivity index (χ2v) is 6.30. The van der Waals surface area contributed by atoms with E-state index in [1.807, 2.05) is 5.32 Å². The van der Waals surface area contributed by atoms with Crippen LogP contribution in [0.5, 0.6) is 0 Å². The van der Waals surface area contributed by atoms with Crippen molar-refractivity contribution in [2.45, 2.75) is 45.8 Å². The SMILES string of the molecule is Cc1cc(NC(=O)O)c(F)c(F)c1B1OC(C)(C)C(C)(C)O1. The fraction of sp³-hybridized carbons (Fsp3) is 0.500. The third-order valence-corrected chi connectivity index (χ3v) is 4.18. The number of carbonyl (C=O) groups is 1. The minimum atomic E-state index is -1.47. The van der Waals surface area contributed by atoms with E-state index in [-0.39, 0.29) is 5.46 Å². The highest BCUT2D eigenvalue weighted by molar-refractivity contribution is 6.62. The Labute approximate surface area is 127 Å². The van der Waals surface area contributed by atoms with Crippen molar-refractivity contribution in [3.05, 3.63) is 23.3 Å². The lowest BCUT2D eigenvalue weighted by Crippen LogP contribution is -2.41. The summed E-state index contributed by atoms with van der Waals surface area (Å²) in [4.78, 5) is 10.6. The first-order valence-electron chi connectivity index (χ1n) is 6.80. The van der Waals surface area contributed by atoms with Crippen molar-refractivity contribution >= 4 is 24.4 Å². The van der Waals surface area contributed by atoms with Gasteiger partial charge in [0.05, 0.1) is 16.9 Å². The first-order valence-corrected chi connectivity index (χ1v) is 6.80. The second-order valence-electron chi connectivity index (χ2n) is 6.30. The van der Waals surface area contributed by atoms with Gasteiger partial charge in [-0.15, -0.1) is 0 Å². The van der Waals surface area contributed by atoms with Crippen LogP contribution in [-0.4, -0.2) is 29.5 Å². The van der Waals surface area contributed by atoms with E-state index in [4.69, 9.17) is 14.4 Å². The molecule has 0 bridgehead atoms. The van der Waals surface area contributed by atoms with Crippen LogP contribution in [0.15, 0.2) is 6.07 Å². The molecular formula is C14H18BF2NO4. The normalized spacial score (nSPS) is 19.3. The predicted molar refractivity (Wildman–Crippen MR) is 78.5 cm³/mol. The summed E-state index contributed by atoms with van der Waals surface area (Å²) in [6.07, 6.45) is -1.47. The Balaban J connectivity index is 2.46. The number of hydrogen-bond acceptors (Lipinski definition) is 3. The summed E-state index contributed by atoms with van der Waals surface area (Å²) in [6, 6.07) is 1.22. The quantitative estimate of drug-likeness (QED) is 0.824. The molecular weight excluding hydrogens is 295 g/mol. The van der Waals surface area contributed by atoms with Crippen LogP contribution in [0.25, 0.3) is 0 Å². The molecule has 0 radical (unpaired) electrons. The third-order valence-electron chi connectivity index (χ3n) is 4.18. The minimum Gasteiger partial charge on any atom is -0.465 e. The first kappa shape index (κ1) is 16.7. The van der Waals surface area contributed by atoms with Crippen molar-refractivity contribution in [2.75, 3.05) is 5.32 Å². The molecule has 2 rings (SSSR count). The van der Waals surface area contributed by atoms with E-state index < -0.39 is 41.7 Å². The molecule has 1 aromatic carbocycles. The van der Waals surface area contributed by atoms with E-state index in [0.29, 0.717) is 5.56 Å². The maximum absolute atomic E-state index is 14.4. The van der Waals surface area contributed by atoms with Crippen molar-refractivity contribution < 1.29 is 28.0 Å². The number of hydrogen-bond donors (Lipinski definition) is 2. The molecule has 1 heterocycles. The summed E-state index contributed by atoms with van der Waals surface area (Å²) >= 11 is 0. The maximum atomic E-state index is 14.4. The van der Waals surface area contributed by atoms with E-state index in [0.717, 1.165) is 0 Å². The average molecular weight is 313 g/mol. The van der Waals surface area contributed by atoms with Gasteiger partial charge in [-0.05, 0) is 46.2 Å². The van der Waals surface area contributed by atoms with Gasteiger partial charge in [-0.2, -0.15) is 0 Å². The Bertz CT molecular complexity index is 618. The highest BCUT2D eigenvalue weighted by Gasteiger charge is 2.53. The van der Waals surface area contributed by atoms with Gasteiger partial charge in [0.25, 0.3) is 0 Å². The van der Waals surface area contributed by atoms with Crippen LogP contribution in [0.1, 0.15) is 33.3 Å². The Morgan fingerprint density at radius 1 is 1.18 bits per heavy atom. The summed E-state index contributed by atoms with van der Waals surface area (Å²) in [5, 5.41) is 10.5. The molecule has 0 aromatic heterocycles. The Kier molecular flexibility index (Phi) is 3.95. The van der Waals surface area contributed by atoms with E-state index in [9.17, 15) is 13.6 Å². The molecule has 120 valence electrons. The van der Waals surface area contributed by atoms with E-state index in [2.05, 4.69) is 0 Å². The van der Waals surface area contributed by atoms with Gasteiger partial charge >= 0.3 is 13.2 Å². The largest absolute Gasteiger partial charge is 0.498 e. The zero-order chi connectivity index (χ0) is 16.9. The van der Waals surface area contributed by atoms with Crippen LogP contribution in [0.4, 0.5) is 19.3 Å². The Morgan fingerprint density at radius 3 is 2.14 bits per heavy atom. The van der Waals surface area contributed by atoms with Gasteiger partial charge in [0, 0.05) is 5.46 Å². The molecule has 0 spiro atoms. The highest BCUT2D eigenvalue weighted by atomic mass is 19.2. The molecule has 22 heavy (non-hydrogen) atoms. The number of aryl methyl sites for hydroxylation is 1. The number of carboxylic acid groups (broad SMARTS) is 1.